The number of rotatable bonds is 15. The highest BCUT2D eigenvalue weighted by Crippen LogP contribution is 2.23. The Hall–Kier alpha value is -3.85. The van der Waals surface area contributed by atoms with Crippen molar-refractivity contribution in [2.24, 2.45) is 0 Å². The number of sulfonamides is 1. The fraction of sp³-hybridized carbons (Fsp3) is 0.375. The van der Waals surface area contributed by atoms with Gasteiger partial charge in [0.25, 0.3) is 0 Å². The van der Waals surface area contributed by atoms with Crippen LogP contribution in [0.4, 0.5) is 5.69 Å². The van der Waals surface area contributed by atoms with Crippen molar-refractivity contribution < 1.29 is 22.7 Å². The molecular formula is C32H41N3O5S. The second-order valence-corrected chi connectivity index (χ2v) is 12.0. The SMILES string of the molecule is CCCCNC(=O)[C@H](Cc1ccccc1)N(Cc1ccc(C)cc1)C(=O)CN(c1ccc(OCC)cc1)S(C)(=O)=O. The van der Waals surface area contributed by atoms with E-state index in [0.717, 1.165) is 40.1 Å². The lowest BCUT2D eigenvalue weighted by molar-refractivity contribution is -0.140. The van der Waals surface area contributed by atoms with E-state index in [9.17, 15) is 18.0 Å². The lowest BCUT2D eigenvalue weighted by Gasteiger charge is -2.33. The Bertz CT molecular complexity index is 1360. The molecule has 0 aliphatic rings. The molecule has 1 atom stereocenters. The quantitative estimate of drug-likeness (QED) is 0.263. The number of anilines is 1. The first-order valence-electron chi connectivity index (χ1n) is 14.0. The lowest BCUT2D eigenvalue weighted by Crippen LogP contribution is -2.53. The highest BCUT2D eigenvalue weighted by molar-refractivity contribution is 7.92. The van der Waals surface area contributed by atoms with Gasteiger partial charge in [-0.3, -0.25) is 13.9 Å². The Labute approximate surface area is 244 Å². The van der Waals surface area contributed by atoms with Crippen LogP contribution in [-0.2, 0) is 32.6 Å². The third kappa shape index (κ3) is 9.63. The number of benzene rings is 3. The van der Waals surface area contributed by atoms with Gasteiger partial charge in [0.1, 0.15) is 18.3 Å². The number of unbranched alkanes of at least 4 members (excludes halogenated alkanes) is 1. The molecule has 0 aliphatic carbocycles. The van der Waals surface area contributed by atoms with Crippen LogP contribution in [0.3, 0.4) is 0 Å². The Morgan fingerprint density at radius 3 is 2.15 bits per heavy atom. The van der Waals surface area contributed by atoms with Crippen molar-refractivity contribution in [1.82, 2.24) is 10.2 Å². The van der Waals surface area contributed by atoms with E-state index >= 15 is 0 Å². The number of hydrogen-bond acceptors (Lipinski definition) is 5. The molecule has 0 fully saturated rings. The van der Waals surface area contributed by atoms with Gasteiger partial charge in [0.05, 0.1) is 18.6 Å². The summed E-state index contributed by atoms with van der Waals surface area (Å²) in [7, 11) is -3.83. The molecule has 0 spiro atoms. The fourth-order valence-electron chi connectivity index (χ4n) is 4.44. The van der Waals surface area contributed by atoms with Gasteiger partial charge in [0, 0.05) is 19.5 Å². The first-order valence-corrected chi connectivity index (χ1v) is 15.8. The van der Waals surface area contributed by atoms with Gasteiger partial charge >= 0.3 is 0 Å². The predicted octanol–water partition coefficient (Wildman–Crippen LogP) is 4.72. The van der Waals surface area contributed by atoms with Gasteiger partial charge in [-0.1, -0.05) is 73.5 Å². The lowest BCUT2D eigenvalue weighted by atomic mass is 10.0. The van der Waals surface area contributed by atoms with Crippen molar-refractivity contribution in [3.05, 3.63) is 95.6 Å². The predicted molar refractivity (Wildman–Crippen MR) is 163 cm³/mol. The molecule has 0 aliphatic heterocycles. The molecule has 0 saturated heterocycles. The molecular weight excluding hydrogens is 538 g/mol. The standard InChI is InChI=1S/C32H41N3O5S/c1-5-7-21-33-32(37)30(22-26-11-9-8-10-12-26)34(23-27-15-13-25(3)14-16-27)31(36)24-35(41(4,38)39)28-17-19-29(20-18-28)40-6-2/h8-20,30H,5-7,21-24H2,1-4H3,(H,33,37)/t30-/m0/s1. The highest BCUT2D eigenvalue weighted by atomic mass is 32.2. The van der Waals surface area contributed by atoms with Crippen molar-refractivity contribution in [1.29, 1.82) is 0 Å². The van der Waals surface area contributed by atoms with Crippen LogP contribution in [0.1, 0.15) is 43.4 Å². The third-order valence-electron chi connectivity index (χ3n) is 6.69. The highest BCUT2D eigenvalue weighted by Gasteiger charge is 2.33. The number of carbonyl (C=O) groups is 2. The average molecular weight is 580 g/mol. The summed E-state index contributed by atoms with van der Waals surface area (Å²) < 4.78 is 32.4. The molecule has 0 heterocycles. The van der Waals surface area contributed by atoms with Gasteiger partial charge < -0.3 is 15.0 Å². The van der Waals surface area contributed by atoms with Crippen LogP contribution in [0, 0.1) is 6.92 Å². The molecule has 0 bridgehead atoms. The molecule has 2 amide bonds. The minimum atomic E-state index is -3.83. The van der Waals surface area contributed by atoms with Gasteiger partial charge in [-0.15, -0.1) is 0 Å². The second kappa shape index (κ2) is 15.2. The number of ether oxygens (including phenoxy) is 1. The van der Waals surface area contributed by atoms with Crippen molar-refractivity contribution in [2.45, 2.75) is 52.6 Å². The summed E-state index contributed by atoms with van der Waals surface area (Å²) in [5, 5.41) is 2.99. The summed E-state index contributed by atoms with van der Waals surface area (Å²) in [5.41, 5.74) is 3.15. The first kappa shape index (κ1) is 31.7. The van der Waals surface area contributed by atoms with Crippen LogP contribution in [-0.4, -0.2) is 57.1 Å². The molecule has 0 saturated carbocycles. The molecule has 8 nitrogen and oxygen atoms in total. The molecule has 41 heavy (non-hydrogen) atoms. The molecule has 0 radical (unpaired) electrons. The second-order valence-electron chi connectivity index (χ2n) is 10.1. The minimum absolute atomic E-state index is 0.151. The summed E-state index contributed by atoms with van der Waals surface area (Å²) in [6.45, 7) is 6.56. The first-order chi connectivity index (χ1) is 19.6. The number of carbonyl (C=O) groups excluding carboxylic acids is 2. The van der Waals surface area contributed by atoms with Crippen molar-refractivity contribution in [3.8, 4) is 5.75 Å². The Morgan fingerprint density at radius 2 is 1.56 bits per heavy atom. The molecule has 1 N–H and O–H groups in total. The largest absolute Gasteiger partial charge is 0.494 e. The molecule has 3 rings (SSSR count). The van der Waals surface area contributed by atoms with E-state index in [4.69, 9.17) is 4.74 Å². The van der Waals surface area contributed by atoms with Gasteiger partial charge in [0.2, 0.25) is 21.8 Å². The van der Waals surface area contributed by atoms with Gasteiger partial charge in [0.15, 0.2) is 0 Å². The monoisotopic (exact) mass is 579 g/mol. The average Bonchev–Trinajstić information content (AvgIpc) is 2.95. The number of nitrogens with zero attached hydrogens (tertiary/aromatic N) is 2. The number of aryl methyl sites for hydroxylation is 1. The van der Waals surface area contributed by atoms with E-state index in [2.05, 4.69) is 5.32 Å². The van der Waals surface area contributed by atoms with E-state index in [1.165, 1.54) is 4.90 Å². The van der Waals surface area contributed by atoms with E-state index in [1.807, 2.05) is 75.4 Å². The zero-order valence-corrected chi connectivity index (χ0v) is 25.2. The zero-order chi connectivity index (χ0) is 29.8. The summed E-state index contributed by atoms with van der Waals surface area (Å²) in [5.74, 6) is -0.144. The van der Waals surface area contributed by atoms with Crippen LogP contribution in [0.25, 0.3) is 0 Å². The fourth-order valence-corrected chi connectivity index (χ4v) is 5.29. The Morgan fingerprint density at radius 1 is 0.902 bits per heavy atom. The van der Waals surface area contributed by atoms with E-state index in [1.54, 1.807) is 24.3 Å². The molecule has 0 unspecified atom stereocenters. The molecule has 220 valence electrons. The molecule has 9 heteroatoms. The topological polar surface area (TPSA) is 96.0 Å². The van der Waals surface area contributed by atoms with E-state index < -0.39 is 28.5 Å². The smallest absolute Gasteiger partial charge is 0.244 e. The zero-order valence-electron chi connectivity index (χ0n) is 24.4. The minimum Gasteiger partial charge on any atom is -0.494 e. The summed E-state index contributed by atoms with van der Waals surface area (Å²) >= 11 is 0. The third-order valence-corrected chi connectivity index (χ3v) is 7.83. The Kier molecular flexibility index (Phi) is 11.8. The maximum Gasteiger partial charge on any atom is 0.244 e. The summed E-state index contributed by atoms with van der Waals surface area (Å²) in [6.07, 6.45) is 3.09. The van der Waals surface area contributed by atoms with Crippen LogP contribution >= 0.6 is 0 Å². The number of hydrogen-bond donors (Lipinski definition) is 1. The Balaban J connectivity index is 2.00. The van der Waals surface area contributed by atoms with Crippen LogP contribution in [0.15, 0.2) is 78.9 Å². The van der Waals surface area contributed by atoms with Gasteiger partial charge in [-0.25, -0.2) is 8.42 Å². The van der Waals surface area contributed by atoms with Crippen molar-refractivity contribution in [3.63, 3.8) is 0 Å². The molecule has 0 aromatic heterocycles. The summed E-state index contributed by atoms with van der Waals surface area (Å²) in [4.78, 5) is 29.2. The van der Waals surface area contributed by atoms with Crippen LogP contribution < -0.4 is 14.4 Å². The molecule has 3 aromatic carbocycles. The molecule has 3 aromatic rings. The van der Waals surface area contributed by atoms with E-state index in [-0.39, 0.29) is 12.5 Å². The van der Waals surface area contributed by atoms with Gasteiger partial charge in [-0.05, 0) is 55.7 Å². The van der Waals surface area contributed by atoms with Crippen LogP contribution in [0.5, 0.6) is 5.75 Å². The van der Waals surface area contributed by atoms with Crippen LogP contribution in [0.2, 0.25) is 0 Å². The van der Waals surface area contributed by atoms with Crippen molar-refractivity contribution in [2.75, 3.05) is 30.3 Å². The number of nitrogens with one attached hydrogen (secondary N) is 1. The maximum absolute atomic E-state index is 14.1. The maximum atomic E-state index is 14.1. The normalized spacial score (nSPS) is 11.9. The van der Waals surface area contributed by atoms with Gasteiger partial charge in [-0.2, -0.15) is 0 Å². The summed E-state index contributed by atoms with van der Waals surface area (Å²) in [6, 6.07) is 23.0. The van der Waals surface area contributed by atoms with Crippen molar-refractivity contribution >= 4 is 27.5 Å². The van der Waals surface area contributed by atoms with E-state index in [0.29, 0.717) is 31.0 Å². The number of amides is 2.